The number of amides is 1. The van der Waals surface area contributed by atoms with E-state index in [0.717, 1.165) is 48.8 Å². The zero-order valence-corrected chi connectivity index (χ0v) is 14.2. The third-order valence-corrected chi connectivity index (χ3v) is 4.86. The molecule has 1 fully saturated rings. The first kappa shape index (κ1) is 15.8. The number of aryl methyl sites for hydroxylation is 3. The minimum atomic E-state index is 0.213. The molecule has 1 atom stereocenters. The number of nitrogens with zero attached hydrogens (tertiary/aromatic N) is 4. The molecule has 0 saturated carbocycles. The third-order valence-electron chi connectivity index (χ3n) is 4.86. The van der Waals surface area contributed by atoms with Crippen LogP contribution in [0.25, 0.3) is 0 Å². The number of carbonyl (C=O) groups is 1. The predicted molar refractivity (Wildman–Crippen MR) is 88.0 cm³/mol. The summed E-state index contributed by atoms with van der Waals surface area (Å²) in [5.41, 5.74) is 2.97. The van der Waals surface area contributed by atoms with Crippen LogP contribution in [0.4, 0.5) is 0 Å². The lowest BCUT2D eigenvalue weighted by atomic mass is 9.97. The topological polar surface area (TPSA) is 66.8 Å². The number of imidazole rings is 1. The Morgan fingerprint density at radius 1 is 1.39 bits per heavy atom. The van der Waals surface area contributed by atoms with Gasteiger partial charge in [0.15, 0.2) is 0 Å². The van der Waals surface area contributed by atoms with E-state index in [1.807, 2.05) is 38.1 Å². The molecule has 1 aliphatic heterocycles. The minimum absolute atomic E-state index is 0.213. The molecule has 0 spiro atoms. The largest absolute Gasteiger partial charge is 0.342 e. The molecule has 3 heterocycles. The molecule has 2 aromatic rings. The molecule has 2 aromatic heterocycles. The summed E-state index contributed by atoms with van der Waals surface area (Å²) in [6.45, 7) is 8.60. The summed E-state index contributed by atoms with van der Waals surface area (Å²) < 4.78 is 2.18. The van der Waals surface area contributed by atoms with Crippen molar-refractivity contribution in [1.82, 2.24) is 24.6 Å². The molecule has 1 aliphatic rings. The fourth-order valence-corrected chi connectivity index (χ4v) is 3.41. The summed E-state index contributed by atoms with van der Waals surface area (Å²) in [6, 6.07) is 0. The Bertz CT molecular complexity index is 667. The van der Waals surface area contributed by atoms with Gasteiger partial charge in [-0.2, -0.15) is 5.10 Å². The van der Waals surface area contributed by atoms with Gasteiger partial charge in [-0.25, -0.2) is 4.98 Å². The van der Waals surface area contributed by atoms with Crippen LogP contribution in [0.2, 0.25) is 0 Å². The van der Waals surface area contributed by atoms with Gasteiger partial charge in [0.25, 0.3) is 0 Å². The summed E-state index contributed by atoms with van der Waals surface area (Å²) in [5.74, 6) is 1.76. The molecule has 1 unspecified atom stereocenters. The van der Waals surface area contributed by atoms with Crippen molar-refractivity contribution in [2.45, 2.75) is 46.6 Å². The highest BCUT2D eigenvalue weighted by molar-refractivity contribution is 5.79. The van der Waals surface area contributed by atoms with Gasteiger partial charge in [-0.15, -0.1) is 0 Å². The second-order valence-corrected chi connectivity index (χ2v) is 6.56. The number of likely N-dealkylation sites (tertiary alicyclic amines) is 1. The normalized spacial score (nSPS) is 18.4. The van der Waals surface area contributed by atoms with Crippen molar-refractivity contribution in [3.05, 3.63) is 35.2 Å². The van der Waals surface area contributed by atoms with Crippen molar-refractivity contribution in [1.29, 1.82) is 0 Å². The van der Waals surface area contributed by atoms with Crippen molar-refractivity contribution in [3.8, 4) is 0 Å². The number of hydrogen-bond acceptors (Lipinski definition) is 3. The Kier molecular flexibility index (Phi) is 4.50. The average molecular weight is 315 g/mol. The SMILES string of the molecule is Cc1n[nH]c(C)c1CC(=O)N1CCCC(Cn2ccnc2C)C1. The number of piperidine rings is 1. The third kappa shape index (κ3) is 3.46. The molecule has 124 valence electrons. The van der Waals surface area contributed by atoms with Crippen LogP contribution in [0.1, 0.15) is 35.6 Å². The first-order valence-corrected chi connectivity index (χ1v) is 8.30. The van der Waals surface area contributed by atoms with Crippen LogP contribution in [0.5, 0.6) is 0 Å². The molecule has 1 N–H and O–H groups in total. The van der Waals surface area contributed by atoms with Crippen LogP contribution in [0.15, 0.2) is 12.4 Å². The van der Waals surface area contributed by atoms with E-state index in [2.05, 4.69) is 19.7 Å². The molecular weight excluding hydrogens is 290 g/mol. The number of aromatic amines is 1. The molecule has 0 aliphatic carbocycles. The van der Waals surface area contributed by atoms with Gasteiger partial charge in [0.05, 0.1) is 12.1 Å². The van der Waals surface area contributed by atoms with Crippen molar-refractivity contribution in [2.24, 2.45) is 5.92 Å². The monoisotopic (exact) mass is 315 g/mol. The first-order chi connectivity index (χ1) is 11.0. The molecule has 3 rings (SSSR count). The first-order valence-electron chi connectivity index (χ1n) is 8.30. The fraction of sp³-hybridized carbons (Fsp3) is 0.588. The Morgan fingerprint density at radius 3 is 2.87 bits per heavy atom. The van der Waals surface area contributed by atoms with Gasteiger partial charge in [-0.1, -0.05) is 0 Å². The second kappa shape index (κ2) is 6.56. The maximum absolute atomic E-state index is 12.6. The zero-order chi connectivity index (χ0) is 16.4. The number of rotatable bonds is 4. The highest BCUT2D eigenvalue weighted by Crippen LogP contribution is 2.20. The van der Waals surface area contributed by atoms with Gasteiger partial charge in [-0.3, -0.25) is 9.89 Å². The van der Waals surface area contributed by atoms with E-state index in [-0.39, 0.29) is 5.91 Å². The lowest BCUT2D eigenvalue weighted by molar-refractivity contribution is -0.132. The van der Waals surface area contributed by atoms with Gasteiger partial charge < -0.3 is 9.47 Å². The lowest BCUT2D eigenvalue weighted by Crippen LogP contribution is -2.42. The maximum atomic E-state index is 12.6. The number of aromatic nitrogens is 4. The summed E-state index contributed by atoms with van der Waals surface area (Å²) in [6.07, 6.45) is 6.56. The molecule has 0 radical (unpaired) electrons. The summed E-state index contributed by atoms with van der Waals surface area (Å²) in [4.78, 5) is 18.9. The van der Waals surface area contributed by atoms with Gasteiger partial charge >= 0.3 is 0 Å². The van der Waals surface area contributed by atoms with Crippen molar-refractivity contribution >= 4 is 5.91 Å². The molecule has 0 bridgehead atoms. The van der Waals surface area contributed by atoms with Crippen LogP contribution in [-0.2, 0) is 17.8 Å². The van der Waals surface area contributed by atoms with Crippen LogP contribution >= 0.6 is 0 Å². The molecule has 1 saturated heterocycles. The van der Waals surface area contributed by atoms with E-state index < -0.39 is 0 Å². The Labute approximate surface area is 136 Å². The number of nitrogens with one attached hydrogen (secondary N) is 1. The zero-order valence-electron chi connectivity index (χ0n) is 14.2. The predicted octanol–water partition coefficient (Wildman–Crippen LogP) is 2.01. The standard InChI is InChI=1S/C17H25N5O/c1-12-16(13(2)20-19-12)9-17(23)22-7-4-5-15(11-22)10-21-8-6-18-14(21)3/h6,8,15H,4-5,7,9-11H2,1-3H3,(H,19,20). The van der Waals surface area contributed by atoms with E-state index in [1.165, 1.54) is 6.42 Å². The van der Waals surface area contributed by atoms with Crippen LogP contribution in [0.3, 0.4) is 0 Å². The van der Waals surface area contributed by atoms with Gasteiger partial charge in [0.1, 0.15) is 5.82 Å². The maximum Gasteiger partial charge on any atom is 0.227 e. The van der Waals surface area contributed by atoms with E-state index in [4.69, 9.17) is 0 Å². The number of hydrogen-bond donors (Lipinski definition) is 1. The van der Waals surface area contributed by atoms with Crippen LogP contribution in [0, 0.1) is 26.7 Å². The van der Waals surface area contributed by atoms with Crippen molar-refractivity contribution in [3.63, 3.8) is 0 Å². The molecule has 0 aromatic carbocycles. The smallest absolute Gasteiger partial charge is 0.227 e. The average Bonchev–Trinajstić information content (AvgIpc) is 3.08. The van der Waals surface area contributed by atoms with E-state index in [1.54, 1.807) is 0 Å². The number of H-pyrrole nitrogens is 1. The quantitative estimate of drug-likeness (QED) is 0.938. The van der Waals surface area contributed by atoms with E-state index in [0.29, 0.717) is 12.3 Å². The van der Waals surface area contributed by atoms with Crippen molar-refractivity contribution in [2.75, 3.05) is 13.1 Å². The Morgan fingerprint density at radius 2 is 2.22 bits per heavy atom. The molecule has 6 nitrogen and oxygen atoms in total. The molecular formula is C17H25N5O. The lowest BCUT2D eigenvalue weighted by Gasteiger charge is -2.33. The Balaban J connectivity index is 1.62. The van der Waals surface area contributed by atoms with Crippen LogP contribution < -0.4 is 0 Å². The summed E-state index contributed by atoms with van der Waals surface area (Å²) in [7, 11) is 0. The molecule has 23 heavy (non-hydrogen) atoms. The van der Waals surface area contributed by atoms with E-state index in [9.17, 15) is 4.79 Å². The Hall–Kier alpha value is -2.11. The summed E-state index contributed by atoms with van der Waals surface area (Å²) >= 11 is 0. The van der Waals surface area contributed by atoms with E-state index >= 15 is 0 Å². The highest BCUT2D eigenvalue weighted by Gasteiger charge is 2.25. The van der Waals surface area contributed by atoms with Crippen molar-refractivity contribution < 1.29 is 4.79 Å². The molecule has 6 heteroatoms. The highest BCUT2D eigenvalue weighted by atomic mass is 16.2. The second-order valence-electron chi connectivity index (χ2n) is 6.56. The van der Waals surface area contributed by atoms with Gasteiger partial charge in [0.2, 0.25) is 5.91 Å². The number of carbonyl (C=O) groups excluding carboxylic acids is 1. The van der Waals surface area contributed by atoms with Crippen LogP contribution in [-0.4, -0.2) is 43.6 Å². The van der Waals surface area contributed by atoms with Gasteiger partial charge in [0, 0.05) is 43.3 Å². The molecule has 1 amide bonds. The van der Waals surface area contributed by atoms with Gasteiger partial charge in [-0.05, 0) is 39.5 Å². The summed E-state index contributed by atoms with van der Waals surface area (Å²) in [5, 5.41) is 7.14. The fourth-order valence-electron chi connectivity index (χ4n) is 3.41. The minimum Gasteiger partial charge on any atom is -0.342 e.